The number of sulfone groups is 1. The van der Waals surface area contributed by atoms with E-state index in [0.29, 0.717) is 57.9 Å². The van der Waals surface area contributed by atoms with E-state index in [-0.39, 0.29) is 61.4 Å². The molecule has 19 heteroatoms. The van der Waals surface area contributed by atoms with Crippen LogP contribution < -0.4 is 5.32 Å². The Hall–Kier alpha value is -4.23. The second kappa shape index (κ2) is 32.2. The van der Waals surface area contributed by atoms with Gasteiger partial charge in [-0.15, -0.1) is 0 Å². The van der Waals surface area contributed by atoms with E-state index in [2.05, 4.69) is 11.9 Å². The Morgan fingerprint density at radius 1 is 1.06 bits per heavy atom. The molecule has 1 aliphatic heterocycles. The van der Waals surface area contributed by atoms with E-state index in [1.165, 1.54) is 40.0 Å². The summed E-state index contributed by atoms with van der Waals surface area (Å²) in [5.74, 6) is 0.589. The number of methoxy groups -OCH3 is 1. The molecule has 2 atom stereocenters. The summed E-state index contributed by atoms with van der Waals surface area (Å²) < 4.78 is 31.4. The number of nitrogens with one attached hydrogen (secondary N) is 1. The monoisotopic (exact) mass is 792 g/mol. The summed E-state index contributed by atoms with van der Waals surface area (Å²) in [5, 5.41) is 37.0. The maximum atomic E-state index is 12.2. The van der Waals surface area contributed by atoms with Crippen LogP contribution in [0.5, 0.6) is 5.75 Å². The zero-order valence-electron chi connectivity index (χ0n) is 32.4. The number of phenolic OH excluding ortho intramolecular Hbond substituents is 1. The number of nitrogens with zero attached hydrogens (tertiary/aromatic N) is 3. The van der Waals surface area contributed by atoms with Crippen LogP contribution in [0, 0.1) is 5.92 Å². The molecule has 0 spiro atoms. The number of rotatable bonds is 17. The third kappa shape index (κ3) is 30.3. The highest BCUT2D eigenvalue weighted by atomic mass is 32.2. The zero-order valence-corrected chi connectivity index (χ0v) is 33.2. The fourth-order valence-corrected chi connectivity index (χ4v) is 4.68. The summed E-state index contributed by atoms with van der Waals surface area (Å²) in [6, 6.07) is 4.73. The van der Waals surface area contributed by atoms with Crippen molar-refractivity contribution in [3.8, 4) is 5.75 Å². The summed E-state index contributed by atoms with van der Waals surface area (Å²) in [6.07, 6.45) is 2.40. The summed E-state index contributed by atoms with van der Waals surface area (Å²) in [5.41, 5.74) is 1.02. The largest absolute Gasteiger partial charge is 0.506 e. The molecule has 1 heterocycles. The van der Waals surface area contributed by atoms with Crippen molar-refractivity contribution < 1.29 is 67.1 Å². The summed E-state index contributed by atoms with van der Waals surface area (Å²) in [7, 11) is 2.62. The van der Waals surface area contributed by atoms with Crippen LogP contribution >= 0.6 is 0 Å². The topological polar surface area (TPSA) is 258 Å². The molecular weight excluding hydrogens is 732 g/mol. The molecule has 1 aromatic rings. The van der Waals surface area contributed by atoms with Gasteiger partial charge in [-0.05, 0) is 30.2 Å². The van der Waals surface area contributed by atoms with Gasteiger partial charge in [0.05, 0.1) is 50.0 Å². The lowest BCUT2D eigenvalue weighted by Crippen LogP contribution is -2.37. The number of phenols is 1. The van der Waals surface area contributed by atoms with Crippen molar-refractivity contribution in [2.24, 2.45) is 5.92 Å². The van der Waals surface area contributed by atoms with E-state index in [9.17, 15) is 37.5 Å². The first-order valence-electron chi connectivity index (χ1n) is 16.8. The zero-order chi connectivity index (χ0) is 42.3. The number of likely N-dealkylation sites (N-methyl/N-ethyl adjacent to an activating group) is 1. The Bertz CT molecular complexity index is 1360. The van der Waals surface area contributed by atoms with E-state index >= 15 is 0 Å². The van der Waals surface area contributed by atoms with Crippen LogP contribution in [-0.4, -0.2) is 172 Å². The molecule has 0 bridgehead atoms. The molecule has 0 saturated carbocycles. The van der Waals surface area contributed by atoms with E-state index in [0.717, 1.165) is 12.7 Å². The Kier molecular flexibility index (Phi) is 32.3. The average Bonchev–Trinajstić information content (AvgIpc) is 3.10. The molecule has 4 amide bonds. The lowest BCUT2D eigenvalue weighted by atomic mass is 10.1. The van der Waals surface area contributed by atoms with Crippen molar-refractivity contribution >= 4 is 51.9 Å². The van der Waals surface area contributed by atoms with Gasteiger partial charge >= 0.3 is 0 Å². The highest BCUT2D eigenvalue weighted by Crippen LogP contribution is 2.24. The standard InChI is InChI=1S/C19H27N3O6.C8H17NO3S.C5H10O3.C2H2O.CH4O/c1-21(18(26)5-4-10-23)9-8-19(27)22(2)12-17(25)20-15-11-14(13-28-3)6-7-16(15)24;1-8(2)6-9(7-10)4-5-13(3,11)12;6-4-1-5(7)3-8-2-4;1-2-3;1-2/h6-7,10-11,24H,4-5,8-9,12-13H2,1-3H3,(H,20,25);7-8H,4-6H2,1-3H3;4-7H,1-3H2;1H2;2H,1H3. The Labute approximate surface area is 318 Å². The van der Waals surface area contributed by atoms with Gasteiger partial charge in [0.2, 0.25) is 24.1 Å². The highest BCUT2D eigenvalue weighted by molar-refractivity contribution is 7.90. The number of benzene rings is 1. The summed E-state index contributed by atoms with van der Waals surface area (Å²) >= 11 is 0. The van der Waals surface area contributed by atoms with E-state index in [1.54, 1.807) is 26.3 Å². The van der Waals surface area contributed by atoms with Crippen LogP contribution in [0.3, 0.4) is 0 Å². The Morgan fingerprint density at radius 2 is 1.61 bits per heavy atom. The van der Waals surface area contributed by atoms with Crippen LogP contribution in [0.4, 0.5) is 5.69 Å². The minimum Gasteiger partial charge on any atom is -0.506 e. The van der Waals surface area contributed by atoms with Gasteiger partial charge in [0.25, 0.3) is 0 Å². The number of aliphatic hydroxyl groups excluding tert-OH is 3. The molecule has 1 aliphatic rings. The number of hydrogen-bond donors (Lipinski definition) is 5. The van der Waals surface area contributed by atoms with Crippen molar-refractivity contribution in [2.45, 2.75) is 58.3 Å². The molecule has 5 N–H and O–H groups in total. The van der Waals surface area contributed by atoms with E-state index < -0.39 is 28.0 Å². The molecular formula is C35H60N4O14S. The molecule has 2 unspecified atom stereocenters. The van der Waals surface area contributed by atoms with E-state index in [4.69, 9.17) is 29.6 Å². The minimum absolute atomic E-state index is 0.0401. The fourth-order valence-electron chi connectivity index (χ4n) is 4.11. The summed E-state index contributed by atoms with van der Waals surface area (Å²) in [4.78, 5) is 69.5. The maximum Gasteiger partial charge on any atom is 0.244 e. The van der Waals surface area contributed by atoms with Crippen molar-refractivity contribution in [2.75, 3.05) is 85.0 Å². The van der Waals surface area contributed by atoms with Crippen LogP contribution in [-0.2, 0) is 54.7 Å². The van der Waals surface area contributed by atoms with Crippen molar-refractivity contribution in [1.82, 2.24) is 14.7 Å². The van der Waals surface area contributed by atoms with Gasteiger partial charge in [0.15, 0.2) is 0 Å². The number of hydrogen-bond acceptors (Lipinski definition) is 14. The predicted octanol–water partition coefficient (Wildman–Crippen LogP) is -0.350. The second-order valence-electron chi connectivity index (χ2n) is 12.2. The highest BCUT2D eigenvalue weighted by Gasteiger charge is 2.18. The minimum atomic E-state index is -2.97. The van der Waals surface area contributed by atoms with E-state index in [1.807, 2.05) is 13.8 Å². The number of anilines is 1. The lowest BCUT2D eigenvalue weighted by Gasteiger charge is -2.21. The lowest BCUT2D eigenvalue weighted by molar-refractivity contribution is -0.135. The van der Waals surface area contributed by atoms with Gasteiger partial charge in [0.1, 0.15) is 27.8 Å². The first kappa shape index (κ1) is 54.1. The van der Waals surface area contributed by atoms with Gasteiger partial charge in [-0.1, -0.05) is 19.9 Å². The van der Waals surface area contributed by atoms with Crippen LogP contribution in [0.2, 0.25) is 0 Å². The number of ether oxygens (including phenoxy) is 2. The third-order valence-electron chi connectivity index (χ3n) is 6.68. The number of carbonyl (C=O) groups is 5. The van der Waals surface area contributed by atoms with Gasteiger partial charge in [-0.25, -0.2) is 13.2 Å². The molecule has 0 radical (unpaired) electrons. The Balaban J connectivity index is -0.000000817. The normalized spacial score (nSPS) is 14.3. The molecule has 1 aromatic carbocycles. The number of carbonyl (C=O) groups excluding carboxylic acids is 6. The molecule has 0 aliphatic carbocycles. The molecule has 54 heavy (non-hydrogen) atoms. The van der Waals surface area contributed by atoms with Crippen molar-refractivity contribution in [1.29, 1.82) is 0 Å². The second-order valence-corrected chi connectivity index (χ2v) is 14.5. The number of aliphatic hydroxyl groups is 3. The number of amides is 4. The number of aromatic hydroxyl groups is 1. The molecule has 1 fully saturated rings. The predicted molar refractivity (Wildman–Crippen MR) is 202 cm³/mol. The SMILES string of the molecule is C=C=O.CC(C)CN(C=O)CCS(C)(=O)=O.CO.COCc1ccc(O)c(NC(=O)CN(C)C(=O)CCN(C)C(=O)CCC=O)c1.OC1COCC(O)C1. The van der Waals surface area contributed by atoms with Gasteiger partial charge in [-0.2, -0.15) is 0 Å². The van der Waals surface area contributed by atoms with Gasteiger partial charge in [-0.3, -0.25) is 19.2 Å². The third-order valence-corrected chi connectivity index (χ3v) is 7.60. The summed E-state index contributed by atoms with van der Waals surface area (Å²) in [6.45, 7) is 8.63. The van der Waals surface area contributed by atoms with Crippen molar-refractivity contribution in [3.05, 3.63) is 30.3 Å². The molecule has 18 nitrogen and oxygen atoms in total. The fraction of sp³-hybridized carbons (Fsp3) is 0.629. The smallest absolute Gasteiger partial charge is 0.244 e. The van der Waals surface area contributed by atoms with Gasteiger partial charge in [0, 0.05) is 79.9 Å². The molecule has 310 valence electrons. The van der Waals surface area contributed by atoms with Gasteiger partial charge < -0.3 is 54.7 Å². The van der Waals surface area contributed by atoms with Crippen molar-refractivity contribution in [3.63, 3.8) is 0 Å². The quantitative estimate of drug-likeness (QED) is 0.0768. The molecule has 2 rings (SSSR count). The van der Waals surface area contributed by atoms with Crippen LogP contribution in [0.25, 0.3) is 0 Å². The molecule has 0 aromatic heterocycles. The van der Waals surface area contributed by atoms with Crippen LogP contribution in [0.15, 0.2) is 24.8 Å². The van der Waals surface area contributed by atoms with Crippen LogP contribution in [0.1, 0.15) is 45.1 Å². The molecule has 1 saturated heterocycles. The first-order chi connectivity index (χ1) is 25.3. The average molecular weight is 793 g/mol. The number of aldehydes is 1. The first-order valence-corrected chi connectivity index (χ1v) is 18.8. The maximum absolute atomic E-state index is 12.2. The Morgan fingerprint density at radius 3 is 2.06 bits per heavy atom.